The second-order valence-electron chi connectivity index (χ2n) is 4.77. The summed E-state index contributed by atoms with van der Waals surface area (Å²) in [4.78, 5) is 0. The van der Waals surface area contributed by atoms with E-state index >= 15 is 0 Å². The molecule has 1 saturated heterocycles. The van der Waals surface area contributed by atoms with Crippen molar-refractivity contribution < 1.29 is 0 Å². The van der Waals surface area contributed by atoms with E-state index in [1.165, 1.54) is 11.1 Å². The first kappa shape index (κ1) is 10.7. The maximum Gasteiger partial charge on any atom is 0.0347 e. The lowest BCUT2D eigenvalue weighted by molar-refractivity contribution is 0.295. The van der Waals surface area contributed by atoms with Gasteiger partial charge in [0.2, 0.25) is 0 Å². The van der Waals surface area contributed by atoms with E-state index in [9.17, 15) is 0 Å². The summed E-state index contributed by atoms with van der Waals surface area (Å²) in [5.41, 5.74) is 8.84. The molecule has 2 rings (SSSR count). The van der Waals surface area contributed by atoms with E-state index in [0.717, 1.165) is 13.1 Å². The van der Waals surface area contributed by atoms with E-state index in [0.29, 0.717) is 11.8 Å². The average molecular weight is 204 g/mol. The zero-order valence-corrected chi connectivity index (χ0v) is 9.53. The molecule has 0 aromatic heterocycles. The van der Waals surface area contributed by atoms with Gasteiger partial charge in [-0.25, -0.2) is 0 Å². The number of nitrogens with one attached hydrogen (secondary N) is 1. The van der Waals surface area contributed by atoms with Crippen molar-refractivity contribution in [2.75, 3.05) is 13.1 Å². The third-order valence-electron chi connectivity index (χ3n) is 3.31. The molecule has 0 aliphatic carbocycles. The third-order valence-corrected chi connectivity index (χ3v) is 3.31. The Labute approximate surface area is 91.9 Å². The largest absolute Gasteiger partial charge is 0.324 e. The van der Waals surface area contributed by atoms with Gasteiger partial charge in [0.1, 0.15) is 0 Å². The molecule has 3 N–H and O–H groups in total. The van der Waals surface area contributed by atoms with Gasteiger partial charge in [-0.15, -0.1) is 0 Å². The highest BCUT2D eigenvalue weighted by atomic mass is 15.0. The predicted octanol–water partition coefficient (Wildman–Crippen LogP) is 2.03. The minimum atomic E-state index is 0.201. The lowest BCUT2D eigenvalue weighted by atomic mass is 9.88. The maximum absolute atomic E-state index is 6.19. The Balaban J connectivity index is 2.08. The van der Waals surface area contributed by atoms with Crippen LogP contribution in [0.1, 0.15) is 36.9 Å². The molecule has 1 aromatic rings. The summed E-state index contributed by atoms with van der Waals surface area (Å²) in [6.07, 6.45) is 0. The molecule has 1 fully saturated rings. The van der Waals surface area contributed by atoms with Crippen LogP contribution >= 0.6 is 0 Å². The molecule has 82 valence electrons. The molecule has 1 unspecified atom stereocenters. The Hall–Kier alpha value is -0.860. The van der Waals surface area contributed by atoms with Crippen molar-refractivity contribution in [2.24, 2.45) is 11.7 Å². The molecule has 0 amide bonds. The summed E-state index contributed by atoms with van der Waals surface area (Å²) < 4.78 is 0. The summed E-state index contributed by atoms with van der Waals surface area (Å²) in [7, 11) is 0. The molecule has 1 atom stereocenters. The Morgan fingerprint density at radius 3 is 2.07 bits per heavy atom. The van der Waals surface area contributed by atoms with Gasteiger partial charge >= 0.3 is 0 Å². The van der Waals surface area contributed by atoms with Crippen LogP contribution in [-0.2, 0) is 0 Å². The van der Waals surface area contributed by atoms with Crippen LogP contribution < -0.4 is 11.1 Å². The summed E-state index contributed by atoms with van der Waals surface area (Å²) in [6, 6.07) is 8.96. The number of hydrogen-bond acceptors (Lipinski definition) is 2. The number of nitrogens with two attached hydrogens (primary N) is 1. The van der Waals surface area contributed by atoms with Crippen LogP contribution in [0.15, 0.2) is 24.3 Å². The zero-order chi connectivity index (χ0) is 10.8. The number of hydrogen-bond donors (Lipinski definition) is 2. The monoisotopic (exact) mass is 204 g/mol. The standard InChI is InChI=1S/C13H20N2/c1-9(2)10-3-5-11(6-4-10)13(14)12-7-15-8-12/h3-6,9,12-13,15H,7-8,14H2,1-2H3. The van der Waals surface area contributed by atoms with E-state index in [1.54, 1.807) is 0 Å². The van der Waals surface area contributed by atoms with Gasteiger partial charge < -0.3 is 11.1 Å². The summed E-state index contributed by atoms with van der Waals surface area (Å²) in [5.74, 6) is 1.22. The zero-order valence-electron chi connectivity index (χ0n) is 9.53. The van der Waals surface area contributed by atoms with Crippen LogP contribution in [0.25, 0.3) is 0 Å². The Kier molecular flexibility index (Phi) is 3.08. The van der Waals surface area contributed by atoms with Crippen molar-refractivity contribution in [2.45, 2.75) is 25.8 Å². The van der Waals surface area contributed by atoms with Crippen LogP contribution in [-0.4, -0.2) is 13.1 Å². The molecule has 1 aromatic carbocycles. The maximum atomic E-state index is 6.19. The molecular weight excluding hydrogens is 184 g/mol. The van der Waals surface area contributed by atoms with E-state index < -0.39 is 0 Å². The van der Waals surface area contributed by atoms with Gasteiger partial charge in [0.15, 0.2) is 0 Å². The highest BCUT2D eigenvalue weighted by molar-refractivity contribution is 5.27. The van der Waals surface area contributed by atoms with Gasteiger partial charge in [-0.3, -0.25) is 0 Å². The van der Waals surface area contributed by atoms with Gasteiger partial charge in [-0.2, -0.15) is 0 Å². The molecule has 0 spiro atoms. The van der Waals surface area contributed by atoms with Crippen LogP contribution in [0, 0.1) is 5.92 Å². The van der Waals surface area contributed by atoms with Crippen LogP contribution in [0.5, 0.6) is 0 Å². The van der Waals surface area contributed by atoms with Gasteiger partial charge in [0, 0.05) is 25.0 Å². The van der Waals surface area contributed by atoms with Crippen molar-refractivity contribution >= 4 is 0 Å². The van der Waals surface area contributed by atoms with Gasteiger partial charge in [-0.05, 0) is 17.0 Å². The van der Waals surface area contributed by atoms with Crippen LogP contribution in [0.2, 0.25) is 0 Å². The smallest absolute Gasteiger partial charge is 0.0347 e. The fourth-order valence-corrected chi connectivity index (χ4v) is 1.94. The fraction of sp³-hybridized carbons (Fsp3) is 0.538. The second-order valence-corrected chi connectivity index (χ2v) is 4.77. The lowest BCUT2D eigenvalue weighted by Crippen LogP contribution is -2.47. The molecule has 1 aliphatic rings. The lowest BCUT2D eigenvalue weighted by Gasteiger charge is -2.32. The number of benzene rings is 1. The summed E-state index contributed by atoms with van der Waals surface area (Å²) in [5, 5.41) is 3.26. The van der Waals surface area contributed by atoms with Crippen molar-refractivity contribution in [3.8, 4) is 0 Å². The molecule has 1 aliphatic heterocycles. The third kappa shape index (κ3) is 2.21. The first-order valence-corrected chi connectivity index (χ1v) is 5.74. The van der Waals surface area contributed by atoms with Gasteiger partial charge in [0.05, 0.1) is 0 Å². The predicted molar refractivity (Wildman–Crippen MR) is 63.8 cm³/mol. The van der Waals surface area contributed by atoms with E-state index in [1.807, 2.05) is 0 Å². The Morgan fingerprint density at radius 2 is 1.67 bits per heavy atom. The SMILES string of the molecule is CC(C)c1ccc(C(N)C2CNC2)cc1. The summed E-state index contributed by atoms with van der Waals surface area (Å²) in [6.45, 7) is 6.55. The van der Waals surface area contributed by atoms with Gasteiger partial charge in [0.25, 0.3) is 0 Å². The van der Waals surface area contributed by atoms with Crippen molar-refractivity contribution in [1.82, 2.24) is 5.32 Å². The molecule has 2 heteroatoms. The molecule has 0 bridgehead atoms. The van der Waals surface area contributed by atoms with Crippen LogP contribution in [0.3, 0.4) is 0 Å². The molecular formula is C13H20N2. The van der Waals surface area contributed by atoms with Crippen LogP contribution in [0.4, 0.5) is 0 Å². The fourth-order valence-electron chi connectivity index (χ4n) is 1.94. The molecule has 0 saturated carbocycles. The van der Waals surface area contributed by atoms with Gasteiger partial charge in [-0.1, -0.05) is 38.1 Å². The average Bonchev–Trinajstić information content (AvgIpc) is 2.15. The molecule has 0 radical (unpaired) electrons. The minimum absolute atomic E-state index is 0.201. The quantitative estimate of drug-likeness (QED) is 0.790. The highest BCUT2D eigenvalue weighted by Crippen LogP contribution is 2.24. The van der Waals surface area contributed by atoms with Crippen molar-refractivity contribution in [1.29, 1.82) is 0 Å². The highest BCUT2D eigenvalue weighted by Gasteiger charge is 2.24. The first-order valence-electron chi connectivity index (χ1n) is 5.74. The second kappa shape index (κ2) is 4.33. The Morgan fingerprint density at radius 1 is 1.13 bits per heavy atom. The molecule has 1 heterocycles. The van der Waals surface area contributed by atoms with E-state index in [-0.39, 0.29) is 6.04 Å². The van der Waals surface area contributed by atoms with Crippen molar-refractivity contribution in [3.05, 3.63) is 35.4 Å². The first-order chi connectivity index (χ1) is 7.18. The summed E-state index contributed by atoms with van der Waals surface area (Å²) >= 11 is 0. The molecule has 15 heavy (non-hydrogen) atoms. The van der Waals surface area contributed by atoms with E-state index in [4.69, 9.17) is 5.73 Å². The normalized spacial score (nSPS) is 18.9. The Bertz CT molecular complexity index is 312. The number of rotatable bonds is 3. The topological polar surface area (TPSA) is 38.0 Å². The van der Waals surface area contributed by atoms with Crippen molar-refractivity contribution in [3.63, 3.8) is 0 Å². The minimum Gasteiger partial charge on any atom is -0.324 e. The van der Waals surface area contributed by atoms with E-state index in [2.05, 4.69) is 43.4 Å². The molecule has 2 nitrogen and oxygen atoms in total.